The van der Waals surface area contributed by atoms with E-state index in [2.05, 4.69) is 5.32 Å². The van der Waals surface area contributed by atoms with E-state index in [9.17, 15) is 31.2 Å². The quantitative estimate of drug-likeness (QED) is 0.685. The fourth-order valence-electron chi connectivity index (χ4n) is 3.32. The number of hydrogen-bond acceptors (Lipinski definition) is 5. The maximum atomic E-state index is 13.3. The number of halogens is 3. The average molecular weight is 499 g/mol. The number of anilines is 1. The zero-order chi connectivity index (χ0) is 25.1. The monoisotopic (exact) mass is 498 g/mol. The first-order chi connectivity index (χ1) is 15.9. The number of amides is 3. The molecule has 1 heterocycles. The van der Waals surface area contributed by atoms with E-state index >= 15 is 0 Å². The van der Waals surface area contributed by atoms with Gasteiger partial charge in [-0.25, -0.2) is 17.5 Å². The molecule has 3 amide bonds. The van der Waals surface area contributed by atoms with Gasteiger partial charge in [-0.15, -0.1) is 0 Å². The van der Waals surface area contributed by atoms with E-state index in [4.69, 9.17) is 0 Å². The lowest BCUT2D eigenvalue weighted by atomic mass is 10.2. The standard InChI is InChI=1S/C22H25F3N4O4S/c1-16-3-9-19(10-4-16)34(32,33)29(21(31)28-13-11-27(2)12-14-28)15-20(30)26-18-7-5-17(6-8-18)22(23,24)25/h3-10H,11-15H2,1-2H3,(H,26,30). The molecule has 1 aliphatic heterocycles. The topological polar surface area (TPSA) is 90.0 Å². The van der Waals surface area contributed by atoms with Crippen LogP contribution in [-0.2, 0) is 21.0 Å². The minimum absolute atomic E-state index is 0.0396. The second kappa shape index (κ2) is 10.0. The smallest absolute Gasteiger partial charge is 0.325 e. The number of nitrogens with zero attached hydrogens (tertiary/aromatic N) is 3. The Morgan fingerprint density at radius 2 is 1.53 bits per heavy atom. The van der Waals surface area contributed by atoms with Crippen LogP contribution in [0, 0.1) is 6.92 Å². The number of carbonyl (C=O) groups is 2. The minimum atomic E-state index is -4.53. The maximum absolute atomic E-state index is 13.3. The zero-order valence-corrected chi connectivity index (χ0v) is 19.5. The SMILES string of the molecule is Cc1ccc(S(=O)(=O)N(CC(=O)Nc2ccc(C(F)(F)F)cc2)C(=O)N2CCN(C)CC2)cc1. The lowest BCUT2D eigenvalue weighted by Gasteiger charge is -2.35. The molecule has 2 aromatic rings. The molecule has 34 heavy (non-hydrogen) atoms. The van der Waals surface area contributed by atoms with Gasteiger partial charge in [0.15, 0.2) is 0 Å². The molecule has 2 aromatic carbocycles. The highest BCUT2D eigenvalue weighted by molar-refractivity contribution is 7.89. The van der Waals surface area contributed by atoms with Crippen LogP contribution in [0.1, 0.15) is 11.1 Å². The second-order valence-electron chi connectivity index (χ2n) is 8.02. The predicted molar refractivity (Wildman–Crippen MR) is 120 cm³/mol. The number of likely N-dealkylation sites (N-methyl/N-ethyl adjacent to an activating group) is 1. The molecular weight excluding hydrogens is 473 g/mol. The van der Waals surface area contributed by atoms with Crippen LogP contribution in [-0.4, -0.2) is 74.2 Å². The van der Waals surface area contributed by atoms with E-state index < -0.39 is 40.2 Å². The molecule has 12 heteroatoms. The van der Waals surface area contributed by atoms with Crippen LogP contribution in [0.25, 0.3) is 0 Å². The molecule has 0 unspecified atom stereocenters. The van der Waals surface area contributed by atoms with E-state index in [0.717, 1.165) is 29.8 Å². The largest absolute Gasteiger partial charge is 0.416 e. The first-order valence-corrected chi connectivity index (χ1v) is 11.9. The molecule has 3 rings (SSSR count). The summed E-state index contributed by atoms with van der Waals surface area (Å²) in [4.78, 5) is 29.0. The first-order valence-electron chi connectivity index (χ1n) is 10.4. The van der Waals surface area contributed by atoms with E-state index in [-0.39, 0.29) is 23.7 Å². The van der Waals surface area contributed by atoms with Crippen molar-refractivity contribution in [1.29, 1.82) is 0 Å². The highest BCUT2D eigenvalue weighted by Gasteiger charge is 2.35. The minimum Gasteiger partial charge on any atom is -0.325 e. The van der Waals surface area contributed by atoms with Gasteiger partial charge in [0, 0.05) is 31.9 Å². The lowest BCUT2D eigenvalue weighted by Crippen LogP contribution is -2.54. The van der Waals surface area contributed by atoms with Crippen molar-refractivity contribution in [1.82, 2.24) is 14.1 Å². The van der Waals surface area contributed by atoms with E-state index in [1.54, 1.807) is 19.1 Å². The molecule has 1 N–H and O–H groups in total. The summed E-state index contributed by atoms with van der Waals surface area (Å²) in [7, 11) is -2.50. The number of sulfonamides is 1. The summed E-state index contributed by atoms with van der Waals surface area (Å²) in [6, 6.07) is 8.73. The number of aryl methyl sites for hydroxylation is 1. The summed E-state index contributed by atoms with van der Waals surface area (Å²) in [5.74, 6) is -0.863. The van der Waals surface area contributed by atoms with Gasteiger partial charge in [-0.1, -0.05) is 17.7 Å². The normalized spacial score (nSPS) is 15.1. The Morgan fingerprint density at radius 1 is 0.971 bits per heavy atom. The molecular formula is C22H25F3N4O4S. The molecule has 1 fully saturated rings. The molecule has 0 bridgehead atoms. The van der Waals surface area contributed by atoms with E-state index in [1.807, 2.05) is 11.9 Å². The molecule has 1 aliphatic rings. The fraction of sp³-hybridized carbons (Fsp3) is 0.364. The van der Waals surface area contributed by atoms with Crippen molar-refractivity contribution >= 4 is 27.6 Å². The summed E-state index contributed by atoms with van der Waals surface area (Å²) in [6.45, 7) is 2.61. The van der Waals surface area contributed by atoms with Gasteiger partial charge in [0.25, 0.3) is 10.0 Å². The molecule has 1 saturated heterocycles. The van der Waals surface area contributed by atoms with Crippen LogP contribution >= 0.6 is 0 Å². The Hall–Kier alpha value is -3.12. The second-order valence-corrected chi connectivity index (χ2v) is 9.88. The van der Waals surface area contributed by atoms with Crippen LogP contribution in [0.3, 0.4) is 0 Å². The van der Waals surface area contributed by atoms with Crippen molar-refractivity contribution in [3.8, 4) is 0 Å². The number of carbonyl (C=O) groups excluding carboxylic acids is 2. The molecule has 184 valence electrons. The molecule has 0 aliphatic carbocycles. The Bertz CT molecular complexity index is 1130. The lowest BCUT2D eigenvalue weighted by molar-refractivity contribution is -0.137. The van der Waals surface area contributed by atoms with Crippen molar-refractivity contribution in [3.63, 3.8) is 0 Å². The Morgan fingerprint density at radius 3 is 2.06 bits per heavy atom. The van der Waals surface area contributed by atoms with Crippen LogP contribution < -0.4 is 5.32 Å². The van der Waals surface area contributed by atoms with Crippen molar-refractivity contribution < 1.29 is 31.2 Å². The first kappa shape index (κ1) is 25.5. The number of piperazine rings is 1. The van der Waals surface area contributed by atoms with Crippen molar-refractivity contribution in [2.24, 2.45) is 0 Å². The average Bonchev–Trinajstić information content (AvgIpc) is 2.77. The number of benzene rings is 2. The van der Waals surface area contributed by atoms with Gasteiger partial charge < -0.3 is 15.1 Å². The Kier molecular flexibility index (Phi) is 7.51. The summed E-state index contributed by atoms with van der Waals surface area (Å²) in [5, 5.41) is 2.36. The number of nitrogens with one attached hydrogen (secondary N) is 1. The number of rotatable bonds is 5. The highest BCUT2D eigenvalue weighted by Crippen LogP contribution is 2.30. The Balaban J connectivity index is 1.83. The molecule has 0 saturated carbocycles. The number of urea groups is 1. The summed E-state index contributed by atoms with van der Waals surface area (Å²) < 4.78 is 65.4. The fourth-order valence-corrected chi connectivity index (χ4v) is 4.66. The van der Waals surface area contributed by atoms with Crippen molar-refractivity contribution in [2.45, 2.75) is 18.0 Å². The number of hydrogen-bond donors (Lipinski definition) is 1. The third-order valence-corrected chi connectivity index (χ3v) is 7.11. The van der Waals surface area contributed by atoms with Crippen molar-refractivity contribution in [2.75, 3.05) is 45.1 Å². The van der Waals surface area contributed by atoms with Crippen LogP contribution in [0.2, 0.25) is 0 Å². The van der Waals surface area contributed by atoms with Crippen molar-refractivity contribution in [3.05, 3.63) is 59.7 Å². The van der Waals surface area contributed by atoms with Gasteiger partial charge in [0.05, 0.1) is 10.5 Å². The zero-order valence-electron chi connectivity index (χ0n) is 18.7. The molecule has 0 spiro atoms. The van der Waals surface area contributed by atoms with Gasteiger partial charge in [-0.2, -0.15) is 13.2 Å². The van der Waals surface area contributed by atoms with Crippen LogP contribution in [0.4, 0.5) is 23.7 Å². The molecule has 0 aromatic heterocycles. The number of alkyl halides is 3. The van der Waals surface area contributed by atoms with Gasteiger partial charge in [-0.3, -0.25) is 4.79 Å². The molecule has 0 atom stereocenters. The van der Waals surface area contributed by atoms with E-state index in [1.165, 1.54) is 17.0 Å². The Labute approximate surface area is 196 Å². The van der Waals surface area contributed by atoms with Gasteiger partial charge >= 0.3 is 12.2 Å². The molecule has 8 nitrogen and oxygen atoms in total. The third-order valence-electron chi connectivity index (χ3n) is 5.38. The third kappa shape index (κ3) is 6.06. The van der Waals surface area contributed by atoms with Crippen LogP contribution in [0.15, 0.2) is 53.4 Å². The van der Waals surface area contributed by atoms with Crippen LogP contribution in [0.5, 0.6) is 0 Å². The van der Waals surface area contributed by atoms with Gasteiger partial charge in [0.2, 0.25) is 5.91 Å². The summed E-state index contributed by atoms with van der Waals surface area (Å²) in [5.41, 5.74) is -0.0343. The van der Waals surface area contributed by atoms with Gasteiger partial charge in [0.1, 0.15) is 6.54 Å². The maximum Gasteiger partial charge on any atom is 0.416 e. The van der Waals surface area contributed by atoms with E-state index in [0.29, 0.717) is 17.4 Å². The molecule has 0 radical (unpaired) electrons. The summed E-state index contributed by atoms with van der Waals surface area (Å²) >= 11 is 0. The van der Waals surface area contributed by atoms with Gasteiger partial charge in [-0.05, 0) is 50.4 Å². The highest BCUT2D eigenvalue weighted by atomic mass is 32.2. The summed E-state index contributed by atoms with van der Waals surface area (Å²) in [6.07, 6.45) is -4.53. The predicted octanol–water partition coefficient (Wildman–Crippen LogP) is 3.01.